The highest BCUT2D eigenvalue weighted by molar-refractivity contribution is 7.98. The molecule has 1 aromatic carbocycles. The Hall–Kier alpha value is -2.35. The molecule has 2 aromatic rings. The van der Waals surface area contributed by atoms with E-state index in [4.69, 9.17) is 10.8 Å². The fourth-order valence-electron chi connectivity index (χ4n) is 1.52. The predicted octanol–water partition coefficient (Wildman–Crippen LogP) is 1.48. The van der Waals surface area contributed by atoms with Gasteiger partial charge in [-0.25, -0.2) is 14.2 Å². The number of nitrogens with zero attached hydrogens (tertiary/aromatic N) is 1. The Balaban J connectivity index is 2.21. The van der Waals surface area contributed by atoms with E-state index >= 15 is 0 Å². The van der Waals surface area contributed by atoms with Crippen molar-refractivity contribution < 1.29 is 14.3 Å². The van der Waals surface area contributed by atoms with Crippen LogP contribution < -0.4 is 11.3 Å². The number of hydrogen-bond acceptors (Lipinski definition) is 5. The van der Waals surface area contributed by atoms with Crippen molar-refractivity contribution in [3.05, 3.63) is 51.6 Å². The minimum atomic E-state index is -1.33. The molecule has 0 saturated heterocycles. The first-order valence-corrected chi connectivity index (χ1v) is 6.46. The van der Waals surface area contributed by atoms with Crippen LogP contribution in [0.2, 0.25) is 0 Å². The van der Waals surface area contributed by atoms with Crippen LogP contribution in [0.4, 0.5) is 10.2 Å². The Morgan fingerprint density at radius 1 is 1.50 bits per heavy atom. The number of nitrogen functional groups attached to an aromatic ring is 1. The molecule has 0 aliphatic heterocycles. The van der Waals surface area contributed by atoms with Gasteiger partial charge in [0, 0.05) is 11.8 Å². The predicted molar refractivity (Wildman–Crippen MR) is 72.2 cm³/mol. The van der Waals surface area contributed by atoms with Crippen LogP contribution in [0, 0.1) is 5.82 Å². The van der Waals surface area contributed by atoms with Crippen molar-refractivity contribution in [2.75, 3.05) is 5.73 Å². The number of nitrogens with two attached hydrogens (primary N) is 1. The van der Waals surface area contributed by atoms with Crippen molar-refractivity contribution in [1.82, 2.24) is 9.97 Å². The molecular weight excluding hydrogens is 285 g/mol. The molecule has 1 aromatic heterocycles. The van der Waals surface area contributed by atoms with Gasteiger partial charge in [0.05, 0.1) is 5.56 Å². The van der Waals surface area contributed by atoms with Gasteiger partial charge < -0.3 is 15.8 Å². The molecule has 0 unspecified atom stereocenters. The molecule has 0 saturated carbocycles. The second kappa shape index (κ2) is 5.74. The summed E-state index contributed by atoms with van der Waals surface area (Å²) >= 11 is 1.06. The molecule has 0 amide bonds. The highest BCUT2D eigenvalue weighted by atomic mass is 32.2. The van der Waals surface area contributed by atoms with Crippen LogP contribution in [0.5, 0.6) is 0 Å². The first-order chi connectivity index (χ1) is 9.47. The fourth-order valence-corrected chi connectivity index (χ4v) is 2.38. The van der Waals surface area contributed by atoms with Crippen molar-refractivity contribution in [2.24, 2.45) is 0 Å². The first-order valence-electron chi connectivity index (χ1n) is 5.47. The standard InChI is InChI=1S/C12H10FN3O3S/c13-10-6(2-1-3-7(10)11(18)19)5-20-12-15-8(14)4-9(17)16-12/h1-4H,5H2,(H,18,19)(H3,14,15,16,17). The monoisotopic (exact) mass is 295 g/mol. The van der Waals surface area contributed by atoms with Crippen molar-refractivity contribution in [3.8, 4) is 0 Å². The Bertz CT molecular complexity index is 717. The molecule has 104 valence electrons. The summed E-state index contributed by atoms with van der Waals surface area (Å²) in [6.45, 7) is 0. The Kier molecular flexibility index (Phi) is 4.04. The molecular formula is C12H10FN3O3S. The molecule has 4 N–H and O–H groups in total. The Morgan fingerprint density at radius 2 is 2.25 bits per heavy atom. The SMILES string of the molecule is Nc1cc(=O)[nH]c(SCc2cccc(C(=O)O)c2F)n1. The minimum absolute atomic E-state index is 0.0657. The van der Waals surface area contributed by atoms with E-state index < -0.39 is 22.9 Å². The zero-order chi connectivity index (χ0) is 14.7. The number of nitrogens with one attached hydrogen (secondary N) is 1. The highest BCUT2D eigenvalue weighted by Gasteiger charge is 2.14. The zero-order valence-electron chi connectivity index (χ0n) is 10.1. The number of carbonyl (C=O) groups is 1. The van der Waals surface area contributed by atoms with E-state index in [2.05, 4.69) is 9.97 Å². The van der Waals surface area contributed by atoms with Gasteiger partial charge in [-0.15, -0.1) is 0 Å². The van der Waals surface area contributed by atoms with E-state index in [0.29, 0.717) is 0 Å². The van der Waals surface area contributed by atoms with Gasteiger partial charge in [-0.05, 0) is 11.6 Å². The molecule has 0 fully saturated rings. The third-order valence-electron chi connectivity index (χ3n) is 2.41. The number of aromatic carboxylic acids is 1. The molecule has 0 radical (unpaired) electrons. The number of halogens is 1. The maximum absolute atomic E-state index is 13.9. The summed E-state index contributed by atoms with van der Waals surface area (Å²) in [4.78, 5) is 28.3. The lowest BCUT2D eigenvalue weighted by Gasteiger charge is -2.05. The van der Waals surface area contributed by atoms with E-state index in [9.17, 15) is 14.0 Å². The summed E-state index contributed by atoms with van der Waals surface area (Å²) in [6.07, 6.45) is 0. The molecule has 20 heavy (non-hydrogen) atoms. The number of aromatic nitrogens is 2. The van der Waals surface area contributed by atoms with Gasteiger partial charge in [-0.3, -0.25) is 4.79 Å². The Morgan fingerprint density at radius 3 is 2.90 bits per heavy atom. The van der Waals surface area contributed by atoms with Gasteiger partial charge in [0.2, 0.25) is 0 Å². The minimum Gasteiger partial charge on any atom is -0.478 e. The number of rotatable bonds is 4. The normalized spacial score (nSPS) is 10.4. The van der Waals surface area contributed by atoms with Crippen LogP contribution in [0.3, 0.4) is 0 Å². The zero-order valence-corrected chi connectivity index (χ0v) is 10.9. The number of benzene rings is 1. The van der Waals surface area contributed by atoms with Crippen LogP contribution in [0.25, 0.3) is 0 Å². The number of aromatic amines is 1. The molecule has 8 heteroatoms. The van der Waals surface area contributed by atoms with Gasteiger partial charge in [-0.2, -0.15) is 0 Å². The quantitative estimate of drug-likeness (QED) is 0.582. The number of hydrogen-bond donors (Lipinski definition) is 3. The summed E-state index contributed by atoms with van der Waals surface area (Å²) in [5, 5.41) is 9.07. The van der Waals surface area contributed by atoms with Crippen LogP contribution in [0.1, 0.15) is 15.9 Å². The van der Waals surface area contributed by atoms with Crippen LogP contribution in [-0.4, -0.2) is 21.0 Å². The van der Waals surface area contributed by atoms with Gasteiger partial charge in [-0.1, -0.05) is 23.9 Å². The molecule has 1 heterocycles. The highest BCUT2D eigenvalue weighted by Crippen LogP contribution is 2.22. The van der Waals surface area contributed by atoms with E-state index in [-0.39, 0.29) is 22.3 Å². The third-order valence-corrected chi connectivity index (χ3v) is 3.34. The second-order valence-electron chi connectivity index (χ2n) is 3.85. The molecule has 0 atom stereocenters. The van der Waals surface area contributed by atoms with Crippen molar-refractivity contribution in [2.45, 2.75) is 10.9 Å². The van der Waals surface area contributed by atoms with Crippen LogP contribution in [-0.2, 0) is 5.75 Å². The number of carboxylic acids is 1. The number of thioether (sulfide) groups is 1. The number of carboxylic acid groups (broad SMARTS) is 1. The van der Waals surface area contributed by atoms with Gasteiger partial charge in [0.1, 0.15) is 11.6 Å². The van der Waals surface area contributed by atoms with Gasteiger partial charge in [0.25, 0.3) is 5.56 Å². The lowest BCUT2D eigenvalue weighted by atomic mass is 10.1. The summed E-state index contributed by atoms with van der Waals surface area (Å²) in [6, 6.07) is 5.25. The van der Waals surface area contributed by atoms with Gasteiger partial charge in [0.15, 0.2) is 5.16 Å². The largest absolute Gasteiger partial charge is 0.478 e. The molecule has 2 rings (SSSR count). The first kappa shape index (κ1) is 14.1. The summed E-state index contributed by atoms with van der Waals surface area (Å²) in [7, 11) is 0. The third kappa shape index (κ3) is 3.15. The second-order valence-corrected chi connectivity index (χ2v) is 4.81. The van der Waals surface area contributed by atoms with E-state index in [1.54, 1.807) is 0 Å². The molecule has 0 bridgehead atoms. The number of anilines is 1. The molecule has 0 aliphatic rings. The lowest BCUT2D eigenvalue weighted by molar-refractivity contribution is 0.0691. The topological polar surface area (TPSA) is 109 Å². The molecule has 0 spiro atoms. The average Bonchev–Trinajstić information content (AvgIpc) is 2.36. The molecule has 0 aliphatic carbocycles. The maximum Gasteiger partial charge on any atom is 0.338 e. The van der Waals surface area contributed by atoms with E-state index in [1.165, 1.54) is 18.2 Å². The summed E-state index contributed by atoms with van der Waals surface area (Å²) in [5.74, 6) is -1.93. The maximum atomic E-state index is 13.9. The fraction of sp³-hybridized carbons (Fsp3) is 0.0833. The van der Waals surface area contributed by atoms with Crippen LogP contribution in [0.15, 0.2) is 34.2 Å². The smallest absolute Gasteiger partial charge is 0.338 e. The van der Waals surface area contributed by atoms with Crippen molar-refractivity contribution in [3.63, 3.8) is 0 Å². The van der Waals surface area contributed by atoms with Crippen LogP contribution >= 0.6 is 11.8 Å². The summed E-state index contributed by atoms with van der Waals surface area (Å²) < 4.78 is 13.9. The van der Waals surface area contributed by atoms with E-state index in [1.807, 2.05) is 0 Å². The lowest BCUT2D eigenvalue weighted by Crippen LogP contribution is -2.09. The van der Waals surface area contributed by atoms with Gasteiger partial charge >= 0.3 is 5.97 Å². The van der Waals surface area contributed by atoms with E-state index in [0.717, 1.165) is 17.8 Å². The van der Waals surface area contributed by atoms with Crippen molar-refractivity contribution in [1.29, 1.82) is 0 Å². The number of H-pyrrole nitrogens is 1. The average molecular weight is 295 g/mol. The Labute approximate surface area is 116 Å². The summed E-state index contributed by atoms with van der Waals surface area (Å²) in [5.41, 5.74) is 4.84. The molecule has 6 nitrogen and oxygen atoms in total. The van der Waals surface area contributed by atoms with Crippen molar-refractivity contribution >= 4 is 23.5 Å².